The number of rotatable bonds is 33. The van der Waals surface area contributed by atoms with E-state index in [1.165, 1.54) is 76.7 Å². The first-order valence-corrected chi connectivity index (χ1v) is 20.6. The predicted octanol–water partition coefficient (Wildman–Crippen LogP) is 10.9. The lowest BCUT2D eigenvalue weighted by atomic mass is 10.1. The third-order valence-electron chi connectivity index (χ3n) is 8.18. The van der Waals surface area contributed by atoms with E-state index < -0.39 is 28.0 Å². The normalized spacial score (nSPS) is 14.0. The van der Waals surface area contributed by atoms with Gasteiger partial charge >= 0.3 is 0 Å². The molecule has 0 rings (SSSR count). The lowest BCUT2D eigenvalue weighted by molar-refractivity contribution is -0.122. The van der Waals surface area contributed by atoms with Gasteiger partial charge in [0.05, 0.1) is 17.9 Å². The highest BCUT2D eigenvalue weighted by Crippen LogP contribution is 2.13. The van der Waals surface area contributed by atoms with Gasteiger partial charge in [-0.1, -0.05) is 158 Å². The fourth-order valence-corrected chi connectivity index (χ4v) is 6.09. The van der Waals surface area contributed by atoms with Crippen molar-refractivity contribution in [2.75, 3.05) is 5.75 Å². The molecule has 0 spiro atoms. The fraction of sp³-hybridized carbons (Fsp3) is 0.725. The maximum absolute atomic E-state index is 12.5. The summed E-state index contributed by atoms with van der Waals surface area (Å²) in [5.74, 6) is -1.03. The van der Waals surface area contributed by atoms with Crippen LogP contribution in [0.1, 0.15) is 168 Å². The third kappa shape index (κ3) is 35.2. The van der Waals surface area contributed by atoms with Crippen molar-refractivity contribution in [3.8, 4) is 0 Å². The highest BCUT2D eigenvalue weighted by atomic mass is 32.2. The Hall–Kier alpha value is -1.96. The van der Waals surface area contributed by atoms with Gasteiger partial charge in [-0.3, -0.25) is 9.35 Å². The van der Waals surface area contributed by atoms with Crippen LogP contribution in [0.3, 0.4) is 0 Å². The summed E-state index contributed by atoms with van der Waals surface area (Å²) in [4.78, 5) is 12.5. The molecule has 0 fully saturated rings. The van der Waals surface area contributed by atoms with Gasteiger partial charge in [0.25, 0.3) is 10.1 Å². The van der Waals surface area contributed by atoms with Crippen molar-refractivity contribution in [1.29, 1.82) is 0 Å². The van der Waals surface area contributed by atoms with E-state index in [-0.39, 0.29) is 12.3 Å². The van der Waals surface area contributed by atoms with Crippen LogP contribution in [0.4, 0.5) is 0 Å². The first-order valence-electron chi connectivity index (χ1n) is 19.0. The van der Waals surface area contributed by atoms with E-state index in [4.69, 9.17) is 0 Å². The van der Waals surface area contributed by atoms with Crippen LogP contribution in [0.15, 0.2) is 60.8 Å². The molecule has 0 saturated carbocycles. The molecular weight excluding hydrogens is 607 g/mol. The number of aliphatic hydroxyl groups is 1. The van der Waals surface area contributed by atoms with Gasteiger partial charge in [-0.2, -0.15) is 8.42 Å². The minimum atomic E-state index is -4.36. The lowest BCUT2D eigenvalue weighted by Crippen LogP contribution is -2.46. The Labute approximate surface area is 290 Å². The van der Waals surface area contributed by atoms with Crippen LogP contribution in [-0.2, 0) is 14.9 Å². The topological polar surface area (TPSA) is 104 Å². The quantitative estimate of drug-likeness (QED) is 0.0364. The van der Waals surface area contributed by atoms with Crippen LogP contribution in [0.5, 0.6) is 0 Å². The van der Waals surface area contributed by atoms with Gasteiger partial charge < -0.3 is 10.4 Å². The SMILES string of the molecule is CC/C=C\C/C=C\C/C=C\CCCCCCCC(=O)NC(CS(=O)(=O)O)C(O)/C=C/CC/C=C/CCCCCCCCCCCCC. The number of carbonyl (C=O) groups excluding carboxylic acids is 1. The Balaban J connectivity index is 4.06. The molecule has 0 radical (unpaired) electrons. The Morgan fingerprint density at radius 1 is 0.596 bits per heavy atom. The minimum absolute atomic E-state index is 0.266. The zero-order valence-electron chi connectivity index (χ0n) is 30.1. The molecule has 2 atom stereocenters. The average molecular weight is 678 g/mol. The number of unbranched alkanes of at least 4 members (excludes halogenated alkanes) is 17. The first kappa shape index (κ1) is 45.0. The third-order valence-corrected chi connectivity index (χ3v) is 8.96. The highest BCUT2D eigenvalue weighted by Gasteiger charge is 2.24. The van der Waals surface area contributed by atoms with Crippen LogP contribution in [0.25, 0.3) is 0 Å². The van der Waals surface area contributed by atoms with Gasteiger partial charge in [0.2, 0.25) is 5.91 Å². The summed E-state index contributed by atoms with van der Waals surface area (Å²) in [5, 5.41) is 13.2. The minimum Gasteiger partial charge on any atom is -0.387 e. The van der Waals surface area contributed by atoms with Gasteiger partial charge in [0.1, 0.15) is 0 Å². The summed E-state index contributed by atoms with van der Waals surface area (Å²) >= 11 is 0. The number of nitrogens with one attached hydrogen (secondary N) is 1. The van der Waals surface area contributed by atoms with E-state index in [1.807, 2.05) is 0 Å². The molecule has 6 nitrogen and oxygen atoms in total. The molecule has 7 heteroatoms. The number of hydrogen-bond donors (Lipinski definition) is 3. The van der Waals surface area contributed by atoms with Gasteiger partial charge in [0, 0.05) is 6.42 Å². The van der Waals surface area contributed by atoms with Crippen LogP contribution < -0.4 is 5.32 Å². The van der Waals surface area contributed by atoms with Gasteiger partial charge in [-0.05, 0) is 64.2 Å². The zero-order valence-corrected chi connectivity index (χ0v) is 30.9. The molecule has 0 bridgehead atoms. The van der Waals surface area contributed by atoms with Gasteiger partial charge in [0.15, 0.2) is 0 Å². The molecule has 272 valence electrons. The molecule has 47 heavy (non-hydrogen) atoms. The van der Waals surface area contributed by atoms with Crippen molar-refractivity contribution in [1.82, 2.24) is 5.32 Å². The smallest absolute Gasteiger partial charge is 0.267 e. The molecule has 0 heterocycles. The van der Waals surface area contributed by atoms with Crippen LogP contribution in [0.2, 0.25) is 0 Å². The summed E-state index contributed by atoms with van der Waals surface area (Å²) in [6.45, 7) is 4.40. The maximum Gasteiger partial charge on any atom is 0.267 e. The molecule has 0 aromatic carbocycles. The van der Waals surface area contributed by atoms with Gasteiger partial charge in [-0.15, -0.1) is 0 Å². The molecule has 0 aliphatic carbocycles. The Morgan fingerprint density at radius 2 is 1.04 bits per heavy atom. The van der Waals surface area contributed by atoms with E-state index in [0.29, 0.717) is 12.8 Å². The second-order valence-corrected chi connectivity index (χ2v) is 14.3. The summed E-state index contributed by atoms with van der Waals surface area (Å²) in [5.41, 5.74) is 0. The summed E-state index contributed by atoms with van der Waals surface area (Å²) in [7, 11) is -4.36. The van der Waals surface area contributed by atoms with E-state index in [0.717, 1.165) is 64.2 Å². The van der Waals surface area contributed by atoms with Crippen molar-refractivity contribution in [3.05, 3.63) is 60.8 Å². The first-order chi connectivity index (χ1) is 22.8. The van der Waals surface area contributed by atoms with Crippen LogP contribution >= 0.6 is 0 Å². The van der Waals surface area contributed by atoms with Crippen molar-refractivity contribution >= 4 is 16.0 Å². The molecule has 0 aromatic heterocycles. The second kappa shape index (κ2) is 33.9. The largest absolute Gasteiger partial charge is 0.387 e. The predicted molar refractivity (Wildman–Crippen MR) is 202 cm³/mol. The summed E-state index contributed by atoms with van der Waals surface area (Å²) < 4.78 is 32.4. The lowest BCUT2D eigenvalue weighted by Gasteiger charge is -2.21. The van der Waals surface area contributed by atoms with E-state index in [2.05, 4.69) is 67.8 Å². The number of allylic oxidation sites excluding steroid dienone is 9. The molecule has 1 amide bonds. The summed E-state index contributed by atoms with van der Waals surface area (Å²) in [6, 6.07) is -1.08. The van der Waals surface area contributed by atoms with Crippen molar-refractivity contribution in [3.63, 3.8) is 0 Å². The number of amides is 1. The van der Waals surface area contributed by atoms with Crippen molar-refractivity contribution in [2.24, 2.45) is 0 Å². The average Bonchev–Trinajstić information content (AvgIpc) is 3.03. The van der Waals surface area contributed by atoms with E-state index in [9.17, 15) is 22.9 Å². The molecule has 0 aromatic rings. The zero-order chi connectivity index (χ0) is 34.7. The standard InChI is InChI=1S/C40H71NO5S/c1-3-5-7-9-11-13-15-17-19-20-22-23-25-27-29-31-33-35-39(42)38(37-47(44,45)46)41-40(43)36-34-32-30-28-26-24-21-18-16-14-12-10-8-6-4-2/h6,8,12,14,18,21,25,27,33,35,38-39,42H,3-5,7,9-11,13,15-17,19-20,22-24,26,28-32,34,36-37H2,1-2H3,(H,41,43)(H,44,45,46)/b8-6-,14-12-,21-18-,27-25+,35-33+. The Morgan fingerprint density at radius 3 is 1.60 bits per heavy atom. The molecule has 0 aliphatic heterocycles. The van der Waals surface area contributed by atoms with Crippen LogP contribution in [-0.4, -0.2) is 41.9 Å². The Kier molecular flexibility index (Phi) is 32.5. The number of hydrogen-bond acceptors (Lipinski definition) is 4. The Bertz CT molecular complexity index is 967. The molecule has 0 aliphatic rings. The summed E-state index contributed by atoms with van der Waals surface area (Å²) in [6.07, 6.45) is 46.3. The molecule has 2 unspecified atom stereocenters. The number of aliphatic hydroxyl groups excluding tert-OH is 1. The molecule has 3 N–H and O–H groups in total. The van der Waals surface area contributed by atoms with Crippen LogP contribution in [0, 0.1) is 0 Å². The molecular formula is C40H71NO5S. The van der Waals surface area contributed by atoms with E-state index >= 15 is 0 Å². The van der Waals surface area contributed by atoms with Gasteiger partial charge in [-0.25, -0.2) is 0 Å². The number of carbonyl (C=O) groups is 1. The van der Waals surface area contributed by atoms with Crippen molar-refractivity contribution < 1.29 is 22.9 Å². The van der Waals surface area contributed by atoms with E-state index in [1.54, 1.807) is 6.08 Å². The maximum atomic E-state index is 12.5. The van der Waals surface area contributed by atoms with Crippen molar-refractivity contribution in [2.45, 2.75) is 180 Å². The highest BCUT2D eigenvalue weighted by molar-refractivity contribution is 7.85. The second-order valence-electron chi connectivity index (χ2n) is 12.8. The molecule has 0 saturated heterocycles. The monoisotopic (exact) mass is 678 g/mol. The fourth-order valence-electron chi connectivity index (χ4n) is 5.36.